The third-order valence-electron chi connectivity index (χ3n) is 7.78. The summed E-state index contributed by atoms with van der Waals surface area (Å²) in [6.07, 6.45) is 9.60. The fourth-order valence-corrected chi connectivity index (χ4v) is 5.36. The molecule has 3 aromatic heterocycles. The van der Waals surface area contributed by atoms with Crippen molar-refractivity contribution in [3.63, 3.8) is 0 Å². The third kappa shape index (κ3) is 9.06. The molecule has 5 N–H and O–H groups in total. The highest BCUT2D eigenvalue weighted by Crippen LogP contribution is 2.24. The number of carbonyl (C=O) groups is 5. The minimum Gasteiger partial charge on any atom is -0.355 e. The van der Waals surface area contributed by atoms with E-state index < -0.39 is 11.8 Å². The van der Waals surface area contributed by atoms with E-state index in [0.717, 1.165) is 38.6 Å². The van der Waals surface area contributed by atoms with Crippen LogP contribution >= 0.6 is 0 Å². The minimum absolute atomic E-state index is 0.000488. The van der Waals surface area contributed by atoms with Crippen LogP contribution in [0.25, 0.3) is 0 Å². The monoisotopic (exact) mass is 636 g/mol. The van der Waals surface area contributed by atoms with E-state index in [1.54, 1.807) is 48.7 Å². The van der Waals surface area contributed by atoms with Gasteiger partial charge in [0.05, 0.1) is 11.4 Å². The van der Waals surface area contributed by atoms with Crippen LogP contribution in [-0.2, 0) is 30.7 Å². The molecule has 0 atom stereocenters. The van der Waals surface area contributed by atoms with Crippen LogP contribution in [0.4, 0.5) is 17.2 Å². The van der Waals surface area contributed by atoms with Crippen molar-refractivity contribution in [1.82, 2.24) is 34.2 Å². The maximum Gasteiger partial charge on any atom is 0.291 e. The second kappa shape index (κ2) is 15.4. The summed E-state index contributed by atoms with van der Waals surface area (Å²) in [7, 11) is 8.96. The molecule has 4 rings (SSSR count). The molecule has 1 saturated carbocycles. The lowest BCUT2D eigenvalue weighted by molar-refractivity contribution is -0.124. The predicted molar refractivity (Wildman–Crippen MR) is 174 cm³/mol. The zero-order chi connectivity index (χ0) is 33.4. The molecule has 3 heterocycles. The van der Waals surface area contributed by atoms with E-state index in [4.69, 9.17) is 0 Å². The van der Waals surface area contributed by atoms with E-state index in [1.807, 2.05) is 19.0 Å². The van der Waals surface area contributed by atoms with Crippen LogP contribution in [0, 0.1) is 5.92 Å². The number of aromatic nitrogens is 4. The predicted octanol–water partition coefficient (Wildman–Crippen LogP) is 1.92. The van der Waals surface area contributed by atoms with Gasteiger partial charge in [-0.25, -0.2) is 4.98 Å². The van der Waals surface area contributed by atoms with Crippen molar-refractivity contribution in [2.45, 2.75) is 38.5 Å². The number of aryl methyl sites for hydroxylation is 3. The Morgan fingerprint density at radius 3 is 2.07 bits per heavy atom. The second-order valence-electron chi connectivity index (χ2n) is 11.9. The van der Waals surface area contributed by atoms with Crippen LogP contribution in [-0.4, -0.2) is 86.9 Å². The highest BCUT2D eigenvalue weighted by molar-refractivity contribution is 6.06. The average molecular weight is 637 g/mol. The van der Waals surface area contributed by atoms with Crippen molar-refractivity contribution in [2.24, 2.45) is 27.1 Å². The summed E-state index contributed by atoms with van der Waals surface area (Å²) in [6, 6.07) is 3.12. The van der Waals surface area contributed by atoms with Gasteiger partial charge in [-0.2, -0.15) is 0 Å². The molecule has 0 radical (unpaired) electrons. The molecule has 0 spiro atoms. The standard InChI is InChI=1S/C31H44N10O5/c1-38(2)14-8-12-32-29(44)23-16-22(18-39(23)3)35-31(46)27-36-25(19-41(27)5)37-30(45)24-15-21(17-40(24)4)34-26(42)11-13-33-28(43)20-9-6-7-10-20/h15-20H,6-14H2,1-5H3,(H,32,44)(H,33,43)(H,34,42)(H,35,46)(H,37,45). The second-order valence-corrected chi connectivity index (χ2v) is 11.9. The first-order chi connectivity index (χ1) is 21.9. The molecule has 248 valence electrons. The van der Waals surface area contributed by atoms with Crippen molar-refractivity contribution in [1.29, 1.82) is 0 Å². The SMILES string of the molecule is CN(C)CCCNC(=O)c1cc(NC(=O)c2nc(NC(=O)c3cc(NC(=O)CCNC(=O)C4CCCC4)cn3C)cn2C)cn1C. The number of hydrogen-bond donors (Lipinski definition) is 5. The largest absolute Gasteiger partial charge is 0.355 e. The van der Waals surface area contributed by atoms with Crippen molar-refractivity contribution in [3.8, 4) is 0 Å². The van der Waals surface area contributed by atoms with Gasteiger partial charge in [0.2, 0.25) is 17.6 Å². The van der Waals surface area contributed by atoms with Gasteiger partial charge in [0.25, 0.3) is 17.7 Å². The molecule has 0 bridgehead atoms. The van der Waals surface area contributed by atoms with E-state index >= 15 is 0 Å². The number of anilines is 3. The van der Waals surface area contributed by atoms with E-state index in [-0.39, 0.29) is 53.9 Å². The number of nitrogens with one attached hydrogen (secondary N) is 5. The Morgan fingerprint density at radius 2 is 1.41 bits per heavy atom. The van der Waals surface area contributed by atoms with E-state index in [0.29, 0.717) is 23.6 Å². The molecular formula is C31H44N10O5. The maximum absolute atomic E-state index is 13.0. The number of amides is 5. The van der Waals surface area contributed by atoms with Crippen LogP contribution in [0.15, 0.2) is 30.7 Å². The summed E-state index contributed by atoms with van der Waals surface area (Å²) in [6.45, 7) is 1.63. The maximum atomic E-state index is 13.0. The van der Waals surface area contributed by atoms with Gasteiger partial charge >= 0.3 is 0 Å². The first-order valence-electron chi connectivity index (χ1n) is 15.4. The number of hydrogen-bond acceptors (Lipinski definition) is 7. The summed E-state index contributed by atoms with van der Waals surface area (Å²) in [5.41, 5.74) is 1.52. The lowest BCUT2D eigenvalue weighted by atomic mass is 10.1. The molecule has 15 nitrogen and oxygen atoms in total. The van der Waals surface area contributed by atoms with Gasteiger partial charge in [-0.05, 0) is 52.0 Å². The molecule has 46 heavy (non-hydrogen) atoms. The van der Waals surface area contributed by atoms with Crippen molar-refractivity contribution < 1.29 is 24.0 Å². The number of carbonyl (C=O) groups excluding carboxylic acids is 5. The molecule has 5 amide bonds. The molecule has 1 aliphatic rings. The minimum atomic E-state index is -0.519. The molecule has 0 aromatic carbocycles. The van der Waals surface area contributed by atoms with Crippen LogP contribution < -0.4 is 26.6 Å². The van der Waals surface area contributed by atoms with Crippen molar-refractivity contribution >= 4 is 46.7 Å². The molecule has 1 aliphatic carbocycles. The van der Waals surface area contributed by atoms with Gasteiger partial charge in [-0.1, -0.05) is 12.8 Å². The van der Waals surface area contributed by atoms with Crippen LogP contribution in [0.3, 0.4) is 0 Å². The van der Waals surface area contributed by atoms with Gasteiger partial charge in [0.1, 0.15) is 11.4 Å². The quantitative estimate of drug-likeness (QED) is 0.168. The fourth-order valence-electron chi connectivity index (χ4n) is 5.36. The van der Waals surface area contributed by atoms with Crippen molar-refractivity contribution in [2.75, 3.05) is 49.7 Å². The van der Waals surface area contributed by atoms with Gasteiger partial charge in [0.15, 0.2) is 5.82 Å². The Bertz CT molecular complexity index is 1580. The fraction of sp³-hybridized carbons (Fsp3) is 0.484. The number of rotatable bonds is 14. The molecule has 0 unspecified atom stereocenters. The molecule has 0 aliphatic heterocycles. The number of imidazole rings is 1. The van der Waals surface area contributed by atoms with Crippen molar-refractivity contribution in [3.05, 3.63) is 47.9 Å². The third-order valence-corrected chi connectivity index (χ3v) is 7.78. The van der Waals surface area contributed by atoms with Crippen LogP contribution in [0.2, 0.25) is 0 Å². The van der Waals surface area contributed by atoms with E-state index in [9.17, 15) is 24.0 Å². The Balaban J connectivity index is 1.28. The summed E-state index contributed by atoms with van der Waals surface area (Å²) in [5, 5.41) is 13.9. The molecule has 0 saturated heterocycles. The van der Waals surface area contributed by atoms with E-state index in [1.165, 1.54) is 16.8 Å². The zero-order valence-electron chi connectivity index (χ0n) is 27.1. The van der Waals surface area contributed by atoms with Gasteiger partial charge in [0, 0.05) is 65.2 Å². The first-order valence-corrected chi connectivity index (χ1v) is 15.4. The van der Waals surface area contributed by atoms with Gasteiger partial charge in [-0.15, -0.1) is 0 Å². The Labute approximate surface area is 268 Å². The van der Waals surface area contributed by atoms with Gasteiger partial charge < -0.3 is 45.2 Å². The Morgan fingerprint density at radius 1 is 0.783 bits per heavy atom. The zero-order valence-corrected chi connectivity index (χ0v) is 27.1. The summed E-state index contributed by atoms with van der Waals surface area (Å²) < 4.78 is 4.68. The molecule has 3 aromatic rings. The van der Waals surface area contributed by atoms with E-state index in [2.05, 4.69) is 31.6 Å². The smallest absolute Gasteiger partial charge is 0.291 e. The van der Waals surface area contributed by atoms with Crippen LogP contribution in [0.5, 0.6) is 0 Å². The lowest BCUT2D eigenvalue weighted by Crippen LogP contribution is -2.31. The number of nitrogens with zero attached hydrogens (tertiary/aromatic N) is 5. The molecular weight excluding hydrogens is 592 g/mol. The Hall–Kier alpha value is -4.92. The first kappa shape index (κ1) is 34.0. The molecule has 15 heteroatoms. The average Bonchev–Trinajstić information content (AvgIpc) is 3.79. The molecule has 1 fully saturated rings. The summed E-state index contributed by atoms with van der Waals surface area (Å²) >= 11 is 0. The highest BCUT2D eigenvalue weighted by Gasteiger charge is 2.23. The summed E-state index contributed by atoms with van der Waals surface area (Å²) in [5.74, 6) is -1.27. The normalized spacial score (nSPS) is 13.1. The topological polar surface area (TPSA) is 176 Å². The lowest BCUT2D eigenvalue weighted by Gasteiger charge is -2.10. The Kier molecular flexibility index (Phi) is 11.4. The van der Waals surface area contributed by atoms with Crippen LogP contribution in [0.1, 0.15) is 70.1 Å². The summed E-state index contributed by atoms with van der Waals surface area (Å²) in [4.78, 5) is 69.5. The van der Waals surface area contributed by atoms with Gasteiger partial charge in [-0.3, -0.25) is 24.0 Å². The highest BCUT2D eigenvalue weighted by atomic mass is 16.2.